The van der Waals surface area contributed by atoms with Crippen molar-refractivity contribution in [2.75, 3.05) is 58.9 Å². The molecule has 1 saturated heterocycles. The maximum Gasteiger partial charge on any atom is 0.0639 e. The topological polar surface area (TPSA) is 70.4 Å². The van der Waals surface area contributed by atoms with E-state index in [2.05, 4.69) is 14.7 Å². The largest absolute Gasteiger partial charge is 0.392 e. The van der Waals surface area contributed by atoms with Crippen molar-refractivity contribution >= 4 is 0 Å². The van der Waals surface area contributed by atoms with Crippen molar-refractivity contribution in [3.63, 3.8) is 0 Å². The molecule has 1 aliphatic rings. The van der Waals surface area contributed by atoms with Crippen molar-refractivity contribution in [2.45, 2.75) is 39.1 Å². The van der Waals surface area contributed by atoms with E-state index in [-0.39, 0.29) is 18.3 Å². The third-order valence-corrected chi connectivity index (χ3v) is 3.76. The second-order valence-electron chi connectivity index (χ2n) is 6.45. The summed E-state index contributed by atoms with van der Waals surface area (Å²) in [7, 11) is 0. The van der Waals surface area contributed by atoms with E-state index >= 15 is 0 Å². The predicted octanol–water partition coefficient (Wildman–Crippen LogP) is -0.952. The second-order valence-corrected chi connectivity index (χ2v) is 6.45. The van der Waals surface area contributed by atoms with Crippen LogP contribution in [-0.2, 0) is 0 Å². The van der Waals surface area contributed by atoms with Crippen LogP contribution in [-0.4, -0.2) is 107 Å². The Labute approximate surface area is 129 Å². The molecule has 0 bridgehead atoms. The summed E-state index contributed by atoms with van der Waals surface area (Å²) in [5.41, 5.74) is 0. The van der Waals surface area contributed by atoms with E-state index in [0.29, 0.717) is 19.6 Å². The third-order valence-electron chi connectivity index (χ3n) is 3.76. The molecule has 6 nitrogen and oxygen atoms in total. The van der Waals surface area contributed by atoms with Gasteiger partial charge in [-0.1, -0.05) is 0 Å². The highest BCUT2D eigenvalue weighted by molar-refractivity contribution is 4.74. The zero-order valence-electron chi connectivity index (χ0n) is 13.8. The van der Waals surface area contributed by atoms with Crippen molar-refractivity contribution in [2.24, 2.45) is 0 Å². The summed E-state index contributed by atoms with van der Waals surface area (Å²) in [5.74, 6) is 0. The van der Waals surface area contributed by atoms with Gasteiger partial charge in [0.2, 0.25) is 0 Å². The number of nitrogens with zero attached hydrogens (tertiary/aromatic N) is 3. The van der Waals surface area contributed by atoms with E-state index < -0.39 is 0 Å². The fourth-order valence-electron chi connectivity index (χ4n) is 2.85. The van der Waals surface area contributed by atoms with E-state index in [0.717, 1.165) is 39.3 Å². The lowest BCUT2D eigenvalue weighted by Gasteiger charge is -2.27. The van der Waals surface area contributed by atoms with Crippen LogP contribution < -0.4 is 0 Å². The Morgan fingerprint density at radius 1 is 0.571 bits per heavy atom. The van der Waals surface area contributed by atoms with Crippen LogP contribution in [0.5, 0.6) is 0 Å². The molecule has 0 amide bonds. The van der Waals surface area contributed by atoms with Gasteiger partial charge in [0, 0.05) is 58.9 Å². The molecule has 0 aliphatic carbocycles. The third kappa shape index (κ3) is 8.70. The molecule has 21 heavy (non-hydrogen) atoms. The van der Waals surface area contributed by atoms with Gasteiger partial charge in [-0.25, -0.2) is 0 Å². The van der Waals surface area contributed by atoms with Crippen LogP contribution in [0.1, 0.15) is 20.8 Å². The van der Waals surface area contributed by atoms with Gasteiger partial charge in [0.1, 0.15) is 0 Å². The Bertz CT molecular complexity index is 220. The molecule has 126 valence electrons. The Kier molecular flexibility index (Phi) is 8.70. The van der Waals surface area contributed by atoms with E-state index in [9.17, 15) is 15.3 Å². The molecule has 3 atom stereocenters. The fraction of sp³-hybridized carbons (Fsp3) is 1.00. The molecule has 3 N–H and O–H groups in total. The molecule has 0 aromatic carbocycles. The predicted molar refractivity (Wildman–Crippen MR) is 84.4 cm³/mol. The molecule has 1 rings (SSSR count). The van der Waals surface area contributed by atoms with Gasteiger partial charge >= 0.3 is 0 Å². The maximum atomic E-state index is 9.61. The Balaban J connectivity index is 2.62. The van der Waals surface area contributed by atoms with Crippen LogP contribution in [0.3, 0.4) is 0 Å². The molecule has 1 aliphatic heterocycles. The molecule has 0 saturated carbocycles. The minimum absolute atomic E-state index is 0.332. The van der Waals surface area contributed by atoms with Gasteiger partial charge in [-0.3, -0.25) is 14.7 Å². The second kappa shape index (κ2) is 9.71. The smallest absolute Gasteiger partial charge is 0.0639 e. The molecule has 6 heteroatoms. The van der Waals surface area contributed by atoms with Crippen LogP contribution in [0.25, 0.3) is 0 Å². The Hall–Kier alpha value is -0.240. The lowest BCUT2D eigenvalue weighted by Crippen LogP contribution is -2.41. The van der Waals surface area contributed by atoms with Crippen molar-refractivity contribution in [1.82, 2.24) is 14.7 Å². The molecule has 1 heterocycles. The number of hydrogen-bond donors (Lipinski definition) is 3. The van der Waals surface area contributed by atoms with Gasteiger partial charge < -0.3 is 15.3 Å². The van der Waals surface area contributed by atoms with Gasteiger partial charge in [-0.2, -0.15) is 0 Å². The highest BCUT2D eigenvalue weighted by atomic mass is 16.3. The lowest BCUT2D eigenvalue weighted by atomic mass is 10.3. The van der Waals surface area contributed by atoms with E-state index in [1.165, 1.54) is 0 Å². The standard InChI is InChI=1S/C15H33N3O3/c1-13(19)10-16-4-6-17(11-14(2)20)8-9-18(7-5-16)12-15(3)21/h13-15,19-21H,4-12H2,1-3H3/t13-,14-,15+/m0/s1. The molecule has 0 spiro atoms. The van der Waals surface area contributed by atoms with E-state index in [4.69, 9.17) is 0 Å². The maximum absolute atomic E-state index is 9.61. The lowest BCUT2D eigenvalue weighted by molar-refractivity contribution is 0.102. The van der Waals surface area contributed by atoms with Crippen molar-refractivity contribution in [3.05, 3.63) is 0 Å². The minimum atomic E-state index is -0.332. The Morgan fingerprint density at radius 3 is 0.905 bits per heavy atom. The number of aliphatic hydroxyl groups excluding tert-OH is 3. The summed E-state index contributed by atoms with van der Waals surface area (Å²) in [6, 6.07) is 0. The molecule has 1 fully saturated rings. The van der Waals surface area contributed by atoms with Gasteiger partial charge in [0.25, 0.3) is 0 Å². The van der Waals surface area contributed by atoms with E-state index in [1.54, 1.807) is 0 Å². The molecule has 0 radical (unpaired) electrons. The zero-order chi connectivity index (χ0) is 15.8. The number of rotatable bonds is 6. The van der Waals surface area contributed by atoms with Gasteiger partial charge in [0.15, 0.2) is 0 Å². The average Bonchev–Trinajstić information content (AvgIpc) is 2.42. The first-order chi connectivity index (χ1) is 9.86. The number of β-amino-alcohol motifs (C(OH)–C–C–N with tert-alkyl or cyclic N) is 3. The minimum Gasteiger partial charge on any atom is -0.392 e. The molecular weight excluding hydrogens is 270 g/mol. The summed E-state index contributed by atoms with van der Waals surface area (Å²) in [4.78, 5) is 6.79. The Morgan fingerprint density at radius 2 is 0.762 bits per heavy atom. The van der Waals surface area contributed by atoms with Gasteiger partial charge in [0.05, 0.1) is 18.3 Å². The summed E-state index contributed by atoms with van der Waals surface area (Å²) < 4.78 is 0. The normalized spacial score (nSPS) is 24.9. The van der Waals surface area contributed by atoms with Crippen molar-refractivity contribution < 1.29 is 15.3 Å². The van der Waals surface area contributed by atoms with Gasteiger partial charge in [-0.15, -0.1) is 0 Å². The first-order valence-corrected chi connectivity index (χ1v) is 8.08. The van der Waals surface area contributed by atoms with Crippen LogP contribution in [0.4, 0.5) is 0 Å². The number of hydrogen-bond acceptors (Lipinski definition) is 6. The van der Waals surface area contributed by atoms with Crippen molar-refractivity contribution in [3.8, 4) is 0 Å². The molecule has 0 aromatic heterocycles. The van der Waals surface area contributed by atoms with Crippen LogP contribution >= 0.6 is 0 Å². The molecule has 0 unspecified atom stereocenters. The summed E-state index contributed by atoms with van der Waals surface area (Å²) in [5, 5.41) is 28.8. The monoisotopic (exact) mass is 303 g/mol. The summed E-state index contributed by atoms with van der Waals surface area (Å²) >= 11 is 0. The molecule has 0 aromatic rings. The number of aliphatic hydroxyl groups is 3. The highest BCUT2D eigenvalue weighted by Crippen LogP contribution is 2.03. The zero-order valence-corrected chi connectivity index (χ0v) is 13.8. The van der Waals surface area contributed by atoms with Crippen LogP contribution in [0.15, 0.2) is 0 Å². The molecular formula is C15H33N3O3. The first-order valence-electron chi connectivity index (χ1n) is 8.08. The van der Waals surface area contributed by atoms with Crippen molar-refractivity contribution in [1.29, 1.82) is 0 Å². The first kappa shape index (κ1) is 18.8. The summed E-state index contributed by atoms with van der Waals surface area (Å²) in [6.45, 7) is 12.9. The SMILES string of the molecule is C[C@H](O)CN1CCN(C[C@H](C)O)CCN(C[C@@H](C)O)CC1. The summed E-state index contributed by atoms with van der Waals surface area (Å²) in [6.07, 6.45) is -0.997. The van der Waals surface area contributed by atoms with E-state index in [1.807, 2.05) is 20.8 Å². The van der Waals surface area contributed by atoms with Crippen LogP contribution in [0.2, 0.25) is 0 Å². The van der Waals surface area contributed by atoms with Gasteiger partial charge in [-0.05, 0) is 20.8 Å². The highest BCUT2D eigenvalue weighted by Gasteiger charge is 2.18. The van der Waals surface area contributed by atoms with Crippen LogP contribution in [0, 0.1) is 0 Å². The quantitative estimate of drug-likeness (QED) is 0.588. The fourth-order valence-corrected chi connectivity index (χ4v) is 2.85. The average molecular weight is 303 g/mol.